The average Bonchev–Trinajstić information content (AvgIpc) is 3.02. The number of halogens is 1. The highest BCUT2D eigenvalue weighted by Gasteiger charge is 2.48. The highest BCUT2D eigenvalue weighted by atomic mass is 35.5. The molecule has 2 aromatic carbocycles. The van der Waals surface area contributed by atoms with Crippen LogP contribution in [0, 0.1) is 5.41 Å². The summed E-state index contributed by atoms with van der Waals surface area (Å²) in [4.78, 5) is 7.03. The van der Waals surface area contributed by atoms with Crippen LogP contribution in [-0.4, -0.2) is 39.7 Å². The van der Waals surface area contributed by atoms with Crippen LogP contribution in [0.1, 0.15) is 68.5 Å². The first-order valence-corrected chi connectivity index (χ1v) is 13.7. The van der Waals surface area contributed by atoms with E-state index in [-0.39, 0.29) is 5.41 Å². The van der Waals surface area contributed by atoms with Crippen LogP contribution in [0.15, 0.2) is 66.9 Å². The van der Waals surface area contributed by atoms with Gasteiger partial charge in [0, 0.05) is 47.4 Å². The van der Waals surface area contributed by atoms with Crippen LogP contribution >= 0.6 is 11.6 Å². The fourth-order valence-corrected chi connectivity index (χ4v) is 5.95. The van der Waals surface area contributed by atoms with E-state index in [1.54, 1.807) is 20.0 Å². The smallest absolute Gasteiger partial charge is 0.131 e. The van der Waals surface area contributed by atoms with Crippen molar-refractivity contribution >= 4 is 17.2 Å². The summed E-state index contributed by atoms with van der Waals surface area (Å²) in [7, 11) is 0. The first kappa shape index (κ1) is 26.9. The topological polar surface area (TPSA) is 65.8 Å². The predicted octanol–water partition coefficient (Wildman–Crippen LogP) is 6.30. The zero-order valence-corrected chi connectivity index (χ0v) is 23.4. The van der Waals surface area contributed by atoms with Crippen molar-refractivity contribution < 1.29 is 14.9 Å². The molecule has 1 aromatic heterocycles. The fourth-order valence-electron chi connectivity index (χ4n) is 5.83. The van der Waals surface area contributed by atoms with Crippen molar-refractivity contribution in [3.8, 4) is 5.75 Å². The second kappa shape index (κ2) is 10.1. The lowest BCUT2D eigenvalue weighted by molar-refractivity contribution is -0.125. The summed E-state index contributed by atoms with van der Waals surface area (Å²) >= 11 is 6.10. The third kappa shape index (κ3) is 5.13. The van der Waals surface area contributed by atoms with E-state index < -0.39 is 11.2 Å². The normalized spacial score (nSPS) is 22.3. The van der Waals surface area contributed by atoms with E-state index in [1.807, 2.05) is 48.5 Å². The van der Waals surface area contributed by atoms with Crippen LogP contribution in [0.2, 0.25) is 5.02 Å². The lowest BCUT2D eigenvalue weighted by Gasteiger charge is -2.50. The Balaban J connectivity index is 1.39. The minimum Gasteiger partial charge on any atom is -0.487 e. The molecule has 0 spiro atoms. The number of hydrogen-bond acceptors (Lipinski definition) is 5. The molecule has 0 radical (unpaired) electrons. The molecule has 2 aliphatic rings. The molecule has 5 nitrogen and oxygen atoms in total. The summed E-state index contributed by atoms with van der Waals surface area (Å²) in [5, 5.41) is 23.1. The Kier molecular flexibility index (Phi) is 7.16. The number of piperidine rings is 1. The van der Waals surface area contributed by atoms with Crippen LogP contribution in [0.3, 0.4) is 0 Å². The average molecular weight is 533 g/mol. The van der Waals surface area contributed by atoms with Crippen LogP contribution in [-0.2, 0) is 17.8 Å². The van der Waals surface area contributed by atoms with Gasteiger partial charge in [-0.05, 0) is 73.7 Å². The summed E-state index contributed by atoms with van der Waals surface area (Å²) in [6, 6.07) is 17.6. The number of likely N-dealkylation sites (tertiary alicyclic amines) is 1. The molecule has 2 N–H and O–H groups in total. The number of rotatable bonds is 5. The molecular weight excluding hydrogens is 496 g/mol. The zero-order chi connectivity index (χ0) is 27.1. The summed E-state index contributed by atoms with van der Waals surface area (Å²) in [5.41, 5.74) is 3.63. The van der Waals surface area contributed by atoms with Gasteiger partial charge < -0.3 is 19.8 Å². The summed E-state index contributed by atoms with van der Waals surface area (Å²) in [6.45, 7) is 10.8. The SMILES string of the molecule is CC(C)(O)c1ccc2c(c1)/C(=C\CCN1CCC(O)(c3ccc(Cl)cc3)C(C)(C)C1)c1cccnc1CO2. The number of aromatic nitrogens is 1. The van der Waals surface area contributed by atoms with Crippen LogP contribution in [0.25, 0.3) is 5.57 Å². The first-order chi connectivity index (χ1) is 18.0. The number of ether oxygens (including phenoxy) is 1. The van der Waals surface area contributed by atoms with Gasteiger partial charge in [0.1, 0.15) is 12.4 Å². The standard InChI is InChI=1S/C32H37ClN2O3/c1-30(2)21-35(18-15-32(30,37)22-9-12-24(33)13-10-22)17-6-8-25-26-7-5-16-34-28(26)20-38-29-14-11-23(19-27(25)29)31(3,4)36/h5,7-14,16,19,36-37H,6,15,17-18,20-21H2,1-4H3/b25-8-. The zero-order valence-electron chi connectivity index (χ0n) is 22.7. The fraction of sp³-hybridized carbons (Fsp3) is 0.406. The Morgan fingerprint density at radius 3 is 2.58 bits per heavy atom. The molecule has 1 saturated heterocycles. The number of hydrogen-bond donors (Lipinski definition) is 2. The third-order valence-electron chi connectivity index (χ3n) is 8.16. The van der Waals surface area contributed by atoms with Crippen molar-refractivity contribution in [2.45, 2.75) is 58.3 Å². The van der Waals surface area contributed by atoms with Gasteiger partial charge in [0.25, 0.3) is 0 Å². The Hall–Kier alpha value is -2.70. The summed E-state index contributed by atoms with van der Waals surface area (Å²) in [6.07, 6.45) is 5.58. The van der Waals surface area contributed by atoms with Gasteiger partial charge in [-0.25, -0.2) is 0 Å². The molecule has 1 fully saturated rings. The molecule has 200 valence electrons. The maximum Gasteiger partial charge on any atom is 0.131 e. The monoisotopic (exact) mass is 532 g/mol. The van der Waals surface area contributed by atoms with Gasteiger partial charge in [-0.1, -0.05) is 55.8 Å². The molecule has 6 heteroatoms. The van der Waals surface area contributed by atoms with Gasteiger partial charge in [-0.2, -0.15) is 0 Å². The van der Waals surface area contributed by atoms with Crippen LogP contribution < -0.4 is 4.74 Å². The van der Waals surface area contributed by atoms with E-state index in [9.17, 15) is 10.2 Å². The van der Waals surface area contributed by atoms with Crippen molar-refractivity contribution in [1.82, 2.24) is 9.88 Å². The maximum atomic E-state index is 11.7. The maximum absolute atomic E-state index is 11.7. The Bertz CT molecular complexity index is 1340. The van der Waals surface area contributed by atoms with Crippen molar-refractivity contribution in [2.75, 3.05) is 19.6 Å². The van der Waals surface area contributed by atoms with E-state index in [0.717, 1.165) is 65.3 Å². The first-order valence-electron chi connectivity index (χ1n) is 13.3. The molecule has 0 amide bonds. The van der Waals surface area contributed by atoms with Gasteiger partial charge in [0.2, 0.25) is 0 Å². The number of fused-ring (bicyclic) bond motifs is 2. The second-order valence-electron chi connectivity index (χ2n) is 11.7. The van der Waals surface area contributed by atoms with Crippen LogP contribution in [0.5, 0.6) is 5.75 Å². The molecule has 2 aliphatic heterocycles. The highest BCUT2D eigenvalue weighted by molar-refractivity contribution is 6.30. The largest absolute Gasteiger partial charge is 0.487 e. The molecule has 3 aromatic rings. The number of benzene rings is 2. The third-order valence-corrected chi connectivity index (χ3v) is 8.42. The number of nitrogens with zero attached hydrogens (tertiary/aromatic N) is 2. The minimum atomic E-state index is -0.954. The van der Waals surface area contributed by atoms with Gasteiger partial charge in [0.05, 0.1) is 16.9 Å². The molecule has 3 heterocycles. The lowest BCUT2D eigenvalue weighted by Crippen LogP contribution is -2.55. The predicted molar refractivity (Wildman–Crippen MR) is 152 cm³/mol. The molecule has 1 atom stereocenters. The van der Waals surface area contributed by atoms with E-state index in [1.165, 1.54) is 0 Å². The lowest BCUT2D eigenvalue weighted by atomic mass is 9.66. The van der Waals surface area contributed by atoms with Gasteiger partial charge in [-0.15, -0.1) is 0 Å². The summed E-state index contributed by atoms with van der Waals surface area (Å²) in [5.74, 6) is 0.800. The van der Waals surface area contributed by atoms with Crippen molar-refractivity contribution in [3.05, 3.63) is 99.8 Å². The number of pyridine rings is 1. The van der Waals surface area contributed by atoms with E-state index in [2.05, 4.69) is 35.9 Å². The number of aliphatic hydroxyl groups is 2. The quantitative estimate of drug-likeness (QED) is 0.404. The highest BCUT2D eigenvalue weighted by Crippen LogP contribution is 2.46. The van der Waals surface area contributed by atoms with Crippen molar-refractivity contribution in [3.63, 3.8) is 0 Å². The Morgan fingerprint density at radius 1 is 1.11 bits per heavy atom. The van der Waals surface area contributed by atoms with Crippen molar-refractivity contribution in [1.29, 1.82) is 0 Å². The van der Waals surface area contributed by atoms with E-state index in [4.69, 9.17) is 16.3 Å². The molecule has 1 unspecified atom stereocenters. The van der Waals surface area contributed by atoms with E-state index >= 15 is 0 Å². The van der Waals surface area contributed by atoms with Gasteiger partial charge in [-0.3, -0.25) is 4.98 Å². The second-order valence-corrected chi connectivity index (χ2v) is 12.2. The summed E-state index contributed by atoms with van der Waals surface area (Å²) < 4.78 is 6.14. The molecule has 0 bridgehead atoms. The minimum absolute atomic E-state index is 0.326. The molecule has 0 aliphatic carbocycles. The molecule has 38 heavy (non-hydrogen) atoms. The van der Waals surface area contributed by atoms with Crippen molar-refractivity contribution in [2.24, 2.45) is 5.41 Å². The molecule has 0 saturated carbocycles. The van der Waals surface area contributed by atoms with E-state index in [0.29, 0.717) is 18.1 Å². The molecule has 5 rings (SSSR count). The Morgan fingerprint density at radius 2 is 1.87 bits per heavy atom. The molecular formula is C32H37ClN2O3. The van der Waals surface area contributed by atoms with Gasteiger partial charge in [0.15, 0.2) is 0 Å². The van der Waals surface area contributed by atoms with Gasteiger partial charge >= 0.3 is 0 Å². The van der Waals surface area contributed by atoms with Crippen LogP contribution in [0.4, 0.5) is 0 Å². The Labute approximate surface area is 230 Å².